The maximum absolute atomic E-state index is 13.9. The van der Waals surface area contributed by atoms with Crippen LogP contribution in [0, 0.1) is 23.7 Å². The summed E-state index contributed by atoms with van der Waals surface area (Å²) in [4.78, 5) is 42.2. The van der Waals surface area contributed by atoms with Gasteiger partial charge in [0.15, 0.2) is 0 Å². The number of nitrogens with one attached hydrogen (secondary N) is 2. The number of hydrogen-bond donors (Lipinski definition) is 3. The third-order valence-electron chi connectivity index (χ3n) is 9.85. The molecule has 3 amide bonds. The van der Waals surface area contributed by atoms with Crippen molar-refractivity contribution in [3.8, 4) is 0 Å². The highest BCUT2D eigenvalue weighted by molar-refractivity contribution is 7.90. The molecule has 3 atom stereocenters. The minimum Gasteiger partial charge on any atom is -0.330 e. The first-order chi connectivity index (χ1) is 21.2. The Bertz CT molecular complexity index is 1410. The third-order valence-corrected chi connectivity index (χ3v) is 11.2. The van der Waals surface area contributed by atoms with E-state index in [1.165, 1.54) is 30.7 Å². The van der Waals surface area contributed by atoms with Crippen LogP contribution in [0.4, 0.5) is 10.1 Å². The lowest BCUT2D eigenvalue weighted by Gasteiger charge is -2.36. The molecule has 0 spiro atoms. The monoisotopic (exact) mass is 626 g/mol. The van der Waals surface area contributed by atoms with Crippen molar-refractivity contribution in [3.63, 3.8) is 0 Å². The van der Waals surface area contributed by atoms with E-state index >= 15 is 0 Å². The van der Waals surface area contributed by atoms with Crippen LogP contribution in [0.15, 0.2) is 59.5 Å². The molecule has 1 aliphatic heterocycles. The molecule has 2 aromatic carbocycles. The van der Waals surface area contributed by atoms with E-state index in [2.05, 4.69) is 10.0 Å². The largest absolute Gasteiger partial charge is 0.330 e. The molecular weight excluding hydrogens is 583 g/mol. The van der Waals surface area contributed by atoms with Gasteiger partial charge in [-0.3, -0.25) is 14.4 Å². The van der Waals surface area contributed by atoms with Crippen molar-refractivity contribution in [3.05, 3.63) is 60.2 Å². The molecule has 3 fully saturated rings. The van der Waals surface area contributed by atoms with Crippen molar-refractivity contribution >= 4 is 33.4 Å². The van der Waals surface area contributed by atoms with Crippen LogP contribution >= 0.6 is 0 Å². The third kappa shape index (κ3) is 7.31. The quantitative estimate of drug-likeness (QED) is 0.371. The highest BCUT2D eigenvalue weighted by atomic mass is 32.2. The number of likely N-dealkylation sites (tertiary alicyclic amines) is 1. The van der Waals surface area contributed by atoms with E-state index in [-0.39, 0.29) is 40.0 Å². The molecule has 0 unspecified atom stereocenters. The Balaban J connectivity index is 1.27. The van der Waals surface area contributed by atoms with Gasteiger partial charge in [0.05, 0.1) is 4.90 Å². The Hall–Kier alpha value is -3.31. The summed E-state index contributed by atoms with van der Waals surface area (Å²) in [5.41, 5.74) is 6.52. The second-order valence-electron chi connectivity index (χ2n) is 12.6. The number of halogens is 1. The Morgan fingerprint density at radius 1 is 0.886 bits per heavy atom. The van der Waals surface area contributed by atoms with Gasteiger partial charge < -0.3 is 16.0 Å². The Labute approximate surface area is 259 Å². The molecule has 0 aromatic heterocycles. The standard InChI is InChI=1S/C33H43FN4O5S/c34-21-29(35)23-11-13-25(14-12-23)33(41)38-20-19-28(22-7-3-1-4-8-22)30(38)32(40)36-26-17-15-24(16-18-26)31(39)37-44(42,43)27-9-5-2-6-10-27/h2,5-6,9-10,15-18,22-23,25,28-30H,1,3-4,7-8,11-14,19-21,35H2,(H,36,40)(H,37,39)/t23-,25-,28-,29+,30-/m0/s1. The van der Waals surface area contributed by atoms with Crippen molar-refractivity contribution < 1.29 is 27.2 Å². The first-order valence-corrected chi connectivity index (χ1v) is 17.3. The zero-order chi connectivity index (χ0) is 31.3. The van der Waals surface area contributed by atoms with Crippen LogP contribution in [0.25, 0.3) is 0 Å². The average Bonchev–Trinajstić information content (AvgIpc) is 3.50. The molecule has 4 N–H and O–H groups in total. The molecule has 5 rings (SSSR count). The first-order valence-electron chi connectivity index (χ1n) is 15.8. The van der Waals surface area contributed by atoms with Crippen molar-refractivity contribution in [2.75, 3.05) is 18.5 Å². The summed E-state index contributed by atoms with van der Waals surface area (Å²) in [6.45, 7) is -0.0177. The maximum Gasteiger partial charge on any atom is 0.264 e. The predicted molar refractivity (Wildman–Crippen MR) is 166 cm³/mol. The van der Waals surface area contributed by atoms with Crippen LogP contribution < -0.4 is 15.8 Å². The predicted octanol–water partition coefficient (Wildman–Crippen LogP) is 4.64. The molecule has 11 heteroatoms. The molecule has 0 radical (unpaired) electrons. The van der Waals surface area contributed by atoms with E-state index in [0.29, 0.717) is 43.8 Å². The van der Waals surface area contributed by atoms with Crippen LogP contribution in [0.2, 0.25) is 0 Å². The molecule has 9 nitrogen and oxygen atoms in total. The molecule has 3 aliphatic rings. The number of nitrogens with two attached hydrogens (primary N) is 1. The smallest absolute Gasteiger partial charge is 0.264 e. The van der Waals surface area contributed by atoms with Crippen LogP contribution in [0.5, 0.6) is 0 Å². The van der Waals surface area contributed by atoms with Gasteiger partial charge in [0.25, 0.3) is 15.9 Å². The van der Waals surface area contributed by atoms with Crippen LogP contribution in [0.3, 0.4) is 0 Å². The second-order valence-corrected chi connectivity index (χ2v) is 14.3. The van der Waals surface area contributed by atoms with Gasteiger partial charge >= 0.3 is 0 Å². The molecule has 1 saturated heterocycles. The topological polar surface area (TPSA) is 139 Å². The van der Waals surface area contributed by atoms with E-state index in [9.17, 15) is 27.2 Å². The fraction of sp³-hybridized carbons (Fsp3) is 0.545. The van der Waals surface area contributed by atoms with E-state index in [1.54, 1.807) is 35.2 Å². The van der Waals surface area contributed by atoms with Gasteiger partial charge in [-0.05, 0) is 86.3 Å². The van der Waals surface area contributed by atoms with Gasteiger partial charge in [0.1, 0.15) is 12.7 Å². The van der Waals surface area contributed by atoms with Gasteiger partial charge in [-0.25, -0.2) is 17.5 Å². The number of carbonyl (C=O) groups is 3. The summed E-state index contributed by atoms with van der Waals surface area (Å²) >= 11 is 0. The summed E-state index contributed by atoms with van der Waals surface area (Å²) in [5, 5.41) is 2.97. The summed E-state index contributed by atoms with van der Waals surface area (Å²) in [7, 11) is -4.03. The van der Waals surface area contributed by atoms with Crippen LogP contribution in [0.1, 0.15) is 74.6 Å². The molecule has 238 valence electrons. The fourth-order valence-electron chi connectivity index (χ4n) is 7.37. The normalized spacial score (nSPS) is 25.3. The lowest BCUT2D eigenvalue weighted by molar-refractivity contribution is -0.142. The zero-order valence-corrected chi connectivity index (χ0v) is 25.8. The molecule has 2 aromatic rings. The Morgan fingerprint density at radius 3 is 2.18 bits per heavy atom. The van der Waals surface area contributed by atoms with E-state index in [4.69, 9.17) is 5.73 Å². The van der Waals surface area contributed by atoms with E-state index in [0.717, 1.165) is 32.1 Å². The maximum atomic E-state index is 13.9. The van der Waals surface area contributed by atoms with Gasteiger partial charge in [-0.1, -0.05) is 50.3 Å². The number of nitrogens with zero attached hydrogens (tertiary/aromatic N) is 1. The first kappa shape index (κ1) is 32.1. The number of sulfonamides is 1. The van der Waals surface area contributed by atoms with Gasteiger partial charge in [-0.2, -0.15) is 0 Å². The number of benzene rings is 2. The van der Waals surface area contributed by atoms with Gasteiger partial charge in [0, 0.05) is 29.8 Å². The fourth-order valence-corrected chi connectivity index (χ4v) is 8.37. The van der Waals surface area contributed by atoms with Gasteiger partial charge in [-0.15, -0.1) is 0 Å². The van der Waals surface area contributed by atoms with Crippen molar-refractivity contribution in [1.82, 2.24) is 9.62 Å². The number of rotatable bonds is 9. The molecular formula is C33H43FN4O5S. The highest BCUT2D eigenvalue weighted by Gasteiger charge is 2.47. The Kier molecular flexibility index (Phi) is 10.4. The summed E-state index contributed by atoms with van der Waals surface area (Å²) in [6.07, 6.45) is 9.08. The number of carbonyl (C=O) groups excluding carboxylic acids is 3. The highest BCUT2D eigenvalue weighted by Crippen LogP contribution is 2.41. The van der Waals surface area contributed by atoms with E-state index < -0.39 is 34.7 Å². The number of amides is 3. The van der Waals surface area contributed by atoms with Crippen LogP contribution in [-0.4, -0.2) is 56.3 Å². The lowest BCUT2D eigenvalue weighted by Crippen LogP contribution is -2.50. The minimum absolute atomic E-state index is 0.00220. The lowest BCUT2D eigenvalue weighted by atomic mass is 9.76. The SMILES string of the molecule is N[C@H](CF)[C@H]1CC[C@H](C(=O)N2CC[C@@H](C3CCCCC3)[C@H]2C(=O)Nc2ccc(C(=O)NS(=O)(=O)c3ccccc3)cc2)CC1. The molecule has 0 bridgehead atoms. The van der Waals surface area contributed by atoms with Crippen molar-refractivity contribution in [1.29, 1.82) is 0 Å². The molecule has 2 saturated carbocycles. The summed E-state index contributed by atoms with van der Waals surface area (Å²) in [6, 6.07) is 12.6. The molecule has 2 aliphatic carbocycles. The van der Waals surface area contributed by atoms with Crippen molar-refractivity contribution in [2.45, 2.75) is 81.2 Å². The van der Waals surface area contributed by atoms with Crippen LogP contribution in [-0.2, 0) is 19.6 Å². The summed E-state index contributed by atoms with van der Waals surface area (Å²) in [5.74, 6) is -0.676. The zero-order valence-electron chi connectivity index (χ0n) is 25.0. The average molecular weight is 627 g/mol. The summed E-state index contributed by atoms with van der Waals surface area (Å²) < 4.78 is 40.3. The number of anilines is 1. The molecule has 1 heterocycles. The number of hydrogen-bond acceptors (Lipinski definition) is 6. The minimum atomic E-state index is -4.03. The van der Waals surface area contributed by atoms with Crippen molar-refractivity contribution in [2.24, 2.45) is 29.4 Å². The molecule has 44 heavy (non-hydrogen) atoms. The van der Waals surface area contributed by atoms with Gasteiger partial charge in [0.2, 0.25) is 11.8 Å². The Morgan fingerprint density at radius 2 is 1.55 bits per heavy atom. The van der Waals surface area contributed by atoms with E-state index in [1.807, 2.05) is 0 Å². The second kappa shape index (κ2) is 14.2. The number of alkyl halides is 1.